The van der Waals surface area contributed by atoms with E-state index in [2.05, 4.69) is 9.73 Å². The molecule has 44 valence electrons. The minimum atomic E-state index is -0.471. The lowest BCUT2D eigenvalue weighted by molar-refractivity contribution is 0.176. The van der Waals surface area contributed by atoms with E-state index in [1.54, 1.807) is 6.92 Å². The van der Waals surface area contributed by atoms with E-state index in [0.717, 1.165) is 5.04 Å². The van der Waals surface area contributed by atoms with Crippen molar-refractivity contribution in [1.82, 2.24) is 0 Å². The van der Waals surface area contributed by atoms with Gasteiger partial charge in [-0.05, 0) is 6.92 Å². The number of hydrogen-bond acceptors (Lipinski definition) is 3. The van der Waals surface area contributed by atoms with Crippen LogP contribution in [0.3, 0.4) is 0 Å². The molecule has 0 aliphatic carbocycles. The Kier molecular flexibility index (Phi) is 1.53. The van der Waals surface area contributed by atoms with Crippen LogP contribution in [0.5, 0.6) is 0 Å². The van der Waals surface area contributed by atoms with E-state index in [1.165, 1.54) is 11.8 Å². The Morgan fingerprint density at radius 3 is 3.00 bits per heavy atom. The van der Waals surface area contributed by atoms with Crippen LogP contribution in [-0.2, 0) is 4.74 Å². The van der Waals surface area contributed by atoms with Crippen LogP contribution in [-0.4, -0.2) is 17.1 Å². The lowest BCUT2D eigenvalue weighted by atomic mass is 10.8. The third kappa shape index (κ3) is 1.23. The van der Waals surface area contributed by atoms with Gasteiger partial charge in [0.1, 0.15) is 5.94 Å². The van der Waals surface area contributed by atoms with E-state index >= 15 is 0 Å². The predicted octanol–water partition coefficient (Wildman–Crippen LogP) is 1.25. The highest BCUT2D eigenvalue weighted by molar-refractivity contribution is 8.13. The van der Waals surface area contributed by atoms with Crippen LogP contribution in [0.1, 0.15) is 6.92 Å². The zero-order valence-corrected chi connectivity index (χ0v) is 5.20. The van der Waals surface area contributed by atoms with E-state index in [0.29, 0.717) is 5.94 Å². The summed E-state index contributed by atoms with van der Waals surface area (Å²) >= 11 is 1.43. The number of ether oxygens (including phenoxy) is 1. The number of carbonyl (C=O) groups is 1. The topological polar surface area (TPSA) is 38.7 Å². The van der Waals surface area contributed by atoms with Crippen molar-refractivity contribution in [2.45, 2.75) is 6.92 Å². The maximum Gasteiger partial charge on any atom is 0.435 e. The Balaban J connectivity index is 2.64. The molecule has 0 saturated carbocycles. The number of aliphatic imine (C=N–C) groups is 1. The fraction of sp³-hybridized carbons (Fsp3) is 0.500. The molecule has 4 heteroatoms. The van der Waals surface area contributed by atoms with Crippen LogP contribution in [0, 0.1) is 0 Å². The van der Waals surface area contributed by atoms with Crippen LogP contribution in [0.15, 0.2) is 4.99 Å². The molecule has 0 unspecified atom stereocenters. The quantitative estimate of drug-likeness (QED) is 0.496. The smallest absolute Gasteiger partial charge is 0.435 e. The van der Waals surface area contributed by atoms with Crippen LogP contribution in [0.4, 0.5) is 4.79 Å². The van der Waals surface area contributed by atoms with Crippen molar-refractivity contribution in [1.29, 1.82) is 0 Å². The third-order valence-electron chi connectivity index (χ3n) is 0.699. The largest absolute Gasteiger partial charge is 0.436 e. The second-order valence-electron chi connectivity index (χ2n) is 1.30. The second-order valence-corrected chi connectivity index (χ2v) is 2.42. The number of thioether (sulfide) groups is 1. The highest BCUT2D eigenvalue weighted by Gasteiger charge is 2.07. The first kappa shape index (κ1) is 5.62. The molecule has 0 N–H and O–H groups in total. The van der Waals surface area contributed by atoms with Gasteiger partial charge in [-0.1, -0.05) is 11.8 Å². The Bertz CT molecular complexity index is 143. The Labute approximate surface area is 51.1 Å². The average Bonchev–Trinajstić information content (AvgIpc) is 1.64. The van der Waals surface area contributed by atoms with Crippen molar-refractivity contribution < 1.29 is 9.53 Å². The molecule has 0 aromatic heterocycles. The maximum atomic E-state index is 10.3. The Hall–Kier alpha value is -0.510. The van der Waals surface area contributed by atoms with Gasteiger partial charge in [0.2, 0.25) is 0 Å². The van der Waals surface area contributed by atoms with E-state index < -0.39 is 6.09 Å². The molecule has 0 saturated heterocycles. The summed E-state index contributed by atoms with van der Waals surface area (Å²) < 4.78 is 4.48. The summed E-state index contributed by atoms with van der Waals surface area (Å²) in [6.45, 7) is 1.78. The van der Waals surface area contributed by atoms with Gasteiger partial charge in [0.15, 0.2) is 0 Å². The van der Waals surface area contributed by atoms with Crippen molar-refractivity contribution in [2.24, 2.45) is 4.99 Å². The third-order valence-corrected chi connectivity index (χ3v) is 1.44. The van der Waals surface area contributed by atoms with Gasteiger partial charge < -0.3 is 4.74 Å². The summed E-state index contributed by atoms with van der Waals surface area (Å²) in [6.07, 6.45) is -0.471. The fourth-order valence-corrected chi connectivity index (χ4v) is 0.828. The second kappa shape index (κ2) is 2.17. The summed E-state index contributed by atoms with van der Waals surface area (Å²) in [5.41, 5.74) is 0. The molecule has 1 aliphatic rings. The number of rotatable bonds is 0. The molecule has 3 nitrogen and oxygen atoms in total. The molecule has 0 spiro atoms. The van der Waals surface area contributed by atoms with Crippen LogP contribution < -0.4 is 0 Å². The average molecular weight is 131 g/mol. The fourth-order valence-electron chi connectivity index (χ4n) is 0.358. The SMILES string of the molecule is CC1=NC(=O)OCS1. The normalized spacial score (nSPS) is 19.6. The van der Waals surface area contributed by atoms with Crippen molar-refractivity contribution in [3.8, 4) is 0 Å². The van der Waals surface area contributed by atoms with Gasteiger partial charge in [-0.15, -0.1) is 0 Å². The summed E-state index contributed by atoms with van der Waals surface area (Å²) in [4.78, 5) is 13.8. The molecule has 0 atom stereocenters. The van der Waals surface area contributed by atoms with Gasteiger partial charge in [-0.25, -0.2) is 4.79 Å². The lowest BCUT2D eigenvalue weighted by Crippen LogP contribution is -2.07. The number of carbonyl (C=O) groups excluding carboxylic acids is 1. The molecule has 0 aromatic carbocycles. The maximum absolute atomic E-state index is 10.3. The Morgan fingerprint density at radius 1 is 1.88 bits per heavy atom. The summed E-state index contributed by atoms with van der Waals surface area (Å²) in [5, 5.41) is 0.779. The van der Waals surface area contributed by atoms with E-state index in [-0.39, 0.29) is 0 Å². The van der Waals surface area contributed by atoms with E-state index in [9.17, 15) is 4.79 Å². The molecule has 1 amide bonds. The van der Waals surface area contributed by atoms with Crippen molar-refractivity contribution in [3.63, 3.8) is 0 Å². The highest BCUT2D eigenvalue weighted by atomic mass is 32.2. The number of hydrogen-bond donors (Lipinski definition) is 0. The number of cyclic esters (lactones) is 1. The molecule has 1 aliphatic heterocycles. The monoisotopic (exact) mass is 131 g/mol. The zero-order valence-electron chi connectivity index (χ0n) is 4.38. The molecule has 8 heavy (non-hydrogen) atoms. The first-order valence-electron chi connectivity index (χ1n) is 2.14. The molecule has 0 fully saturated rings. The summed E-state index contributed by atoms with van der Waals surface area (Å²) in [6, 6.07) is 0. The molecule has 0 radical (unpaired) electrons. The zero-order chi connectivity index (χ0) is 5.98. The predicted molar refractivity (Wildman–Crippen MR) is 32.0 cm³/mol. The minimum Gasteiger partial charge on any atom is -0.436 e. The first-order valence-corrected chi connectivity index (χ1v) is 3.12. The van der Waals surface area contributed by atoms with E-state index in [1.807, 2.05) is 0 Å². The van der Waals surface area contributed by atoms with Crippen molar-refractivity contribution in [2.75, 3.05) is 5.94 Å². The number of amides is 1. The molecule has 1 heterocycles. The molecular formula is C4H5NO2S. The lowest BCUT2D eigenvalue weighted by Gasteiger charge is -2.05. The molecule has 0 aromatic rings. The van der Waals surface area contributed by atoms with Gasteiger partial charge in [-0.3, -0.25) is 0 Å². The Morgan fingerprint density at radius 2 is 2.62 bits per heavy atom. The van der Waals surface area contributed by atoms with Gasteiger partial charge >= 0.3 is 6.09 Å². The van der Waals surface area contributed by atoms with Gasteiger partial charge in [-0.2, -0.15) is 4.99 Å². The highest BCUT2D eigenvalue weighted by Crippen LogP contribution is 2.10. The van der Waals surface area contributed by atoms with Gasteiger partial charge in [0, 0.05) is 0 Å². The molecule has 1 rings (SSSR count). The van der Waals surface area contributed by atoms with Crippen LogP contribution >= 0.6 is 11.8 Å². The van der Waals surface area contributed by atoms with Crippen LogP contribution in [0.25, 0.3) is 0 Å². The van der Waals surface area contributed by atoms with Crippen molar-refractivity contribution in [3.05, 3.63) is 0 Å². The standard InChI is InChI=1S/C4H5NO2S/c1-3-5-4(6)7-2-8-3/h2H2,1H3. The molecular weight excluding hydrogens is 126 g/mol. The van der Waals surface area contributed by atoms with Crippen molar-refractivity contribution >= 4 is 22.9 Å². The first-order chi connectivity index (χ1) is 3.79. The van der Waals surface area contributed by atoms with Crippen LogP contribution in [0.2, 0.25) is 0 Å². The number of nitrogens with zero attached hydrogens (tertiary/aromatic N) is 1. The van der Waals surface area contributed by atoms with Gasteiger partial charge in [0.25, 0.3) is 0 Å². The summed E-state index contributed by atoms with van der Waals surface area (Å²) in [5.74, 6) is 0.411. The van der Waals surface area contributed by atoms with Gasteiger partial charge in [0.05, 0.1) is 5.04 Å². The molecule has 0 bridgehead atoms. The van der Waals surface area contributed by atoms with E-state index in [4.69, 9.17) is 0 Å². The summed E-state index contributed by atoms with van der Waals surface area (Å²) in [7, 11) is 0. The minimum absolute atomic E-state index is 0.411.